The summed E-state index contributed by atoms with van der Waals surface area (Å²) >= 11 is 5.88. The molecular formula is C12H15ClN2O. The van der Waals surface area contributed by atoms with Crippen LogP contribution in [0, 0.1) is 0 Å². The third-order valence-corrected chi connectivity index (χ3v) is 3.33. The molecule has 1 aromatic rings. The van der Waals surface area contributed by atoms with E-state index in [2.05, 4.69) is 0 Å². The van der Waals surface area contributed by atoms with Crippen LogP contribution >= 0.6 is 11.6 Å². The van der Waals surface area contributed by atoms with Gasteiger partial charge in [-0.15, -0.1) is 0 Å². The summed E-state index contributed by atoms with van der Waals surface area (Å²) in [6, 6.07) is 5.35. The Morgan fingerprint density at radius 1 is 1.44 bits per heavy atom. The van der Waals surface area contributed by atoms with Gasteiger partial charge in [-0.25, -0.2) is 0 Å². The van der Waals surface area contributed by atoms with Crippen molar-refractivity contribution in [1.82, 2.24) is 4.90 Å². The molecule has 0 aromatic heterocycles. The van der Waals surface area contributed by atoms with E-state index in [-0.39, 0.29) is 5.91 Å². The van der Waals surface area contributed by atoms with Gasteiger partial charge >= 0.3 is 0 Å². The Labute approximate surface area is 100 Å². The summed E-state index contributed by atoms with van der Waals surface area (Å²) in [7, 11) is 1.84. The van der Waals surface area contributed by atoms with Crippen molar-refractivity contribution in [3.8, 4) is 0 Å². The van der Waals surface area contributed by atoms with Crippen molar-refractivity contribution in [2.24, 2.45) is 0 Å². The lowest BCUT2D eigenvalue weighted by Gasteiger charge is -2.34. The zero-order valence-electron chi connectivity index (χ0n) is 9.24. The van der Waals surface area contributed by atoms with E-state index in [0.29, 0.717) is 22.3 Å². The normalized spacial score (nSPS) is 15.6. The molecule has 3 nitrogen and oxygen atoms in total. The molecule has 1 aliphatic rings. The fourth-order valence-corrected chi connectivity index (χ4v) is 2.12. The predicted octanol–water partition coefficient (Wildman–Crippen LogP) is 2.55. The van der Waals surface area contributed by atoms with Crippen LogP contribution in [0.4, 0.5) is 5.69 Å². The highest BCUT2D eigenvalue weighted by Gasteiger charge is 2.26. The number of halogens is 1. The molecule has 1 amide bonds. The maximum absolute atomic E-state index is 12.1. The van der Waals surface area contributed by atoms with Crippen molar-refractivity contribution >= 4 is 23.2 Å². The minimum atomic E-state index is -0.00102. The first-order valence-electron chi connectivity index (χ1n) is 5.41. The van der Waals surface area contributed by atoms with Crippen molar-refractivity contribution in [2.45, 2.75) is 25.3 Å². The summed E-state index contributed by atoms with van der Waals surface area (Å²) < 4.78 is 0. The molecule has 0 unspecified atom stereocenters. The quantitative estimate of drug-likeness (QED) is 0.805. The van der Waals surface area contributed by atoms with E-state index in [0.717, 1.165) is 12.8 Å². The molecule has 16 heavy (non-hydrogen) atoms. The second kappa shape index (κ2) is 4.34. The second-order valence-electron chi connectivity index (χ2n) is 4.27. The molecule has 0 saturated heterocycles. The Morgan fingerprint density at radius 3 is 2.62 bits per heavy atom. The highest BCUT2D eigenvalue weighted by molar-refractivity contribution is 6.31. The average Bonchev–Trinajstić information content (AvgIpc) is 2.12. The minimum absolute atomic E-state index is 0.00102. The Morgan fingerprint density at radius 2 is 2.12 bits per heavy atom. The molecule has 0 heterocycles. The summed E-state index contributed by atoms with van der Waals surface area (Å²) in [6.07, 6.45) is 3.40. The molecule has 4 heteroatoms. The number of nitrogens with two attached hydrogens (primary N) is 1. The topological polar surface area (TPSA) is 46.3 Å². The van der Waals surface area contributed by atoms with Crippen LogP contribution < -0.4 is 5.73 Å². The van der Waals surface area contributed by atoms with Gasteiger partial charge in [-0.2, -0.15) is 0 Å². The maximum Gasteiger partial charge on any atom is 0.253 e. The molecule has 2 N–H and O–H groups in total. The number of carbonyl (C=O) groups is 1. The number of nitrogens with zero attached hydrogens (tertiary/aromatic N) is 1. The summed E-state index contributed by atoms with van der Waals surface area (Å²) in [5.41, 5.74) is 6.76. The van der Waals surface area contributed by atoms with E-state index < -0.39 is 0 Å². The summed E-state index contributed by atoms with van der Waals surface area (Å²) in [4.78, 5) is 13.9. The van der Waals surface area contributed by atoms with Crippen LogP contribution in [0.2, 0.25) is 5.02 Å². The molecule has 0 atom stereocenters. The molecule has 1 fully saturated rings. The Bertz CT molecular complexity index is 395. The molecule has 1 aromatic carbocycles. The third kappa shape index (κ3) is 2.14. The molecule has 1 saturated carbocycles. The predicted molar refractivity (Wildman–Crippen MR) is 65.6 cm³/mol. The van der Waals surface area contributed by atoms with E-state index in [1.807, 2.05) is 7.05 Å². The number of hydrogen-bond donors (Lipinski definition) is 1. The van der Waals surface area contributed by atoms with Gasteiger partial charge in [-0.3, -0.25) is 4.79 Å². The van der Waals surface area contributed by atoms with Gasteiger partial charge in [0.05, 0.1) is 0 Å². The van der Waals surface area contributed by atoms with Crippen molar-refractivity contribution in [1.29, 1.82) is 0 Å². The SMILES string of the molecule is CN(C(=O)c1cc(N)cc(Cl)c1)C1CCC1. The third-order valence-electron chi connectivity index (χ3n) is 3.11. The lowest BCUT2D eigenvalue weighted by Crippen LogP contribution is -2.41. The lowest BCUT2D eigenvalue weighted by atomic mass is 9.91. The number of anilines is 1. The maximum atomic E-state index is 12.1. The van der Waals surface area contributed by atoms with Gasteiger partial charge in [0, 0.05) is 29.4 Å². The fourth-order valence-electron chi connectivity index (χ4n) is 1.88. The van der Waals surface area contributed by atoms with E-state index in [9.17, 15) is 4.79 Å². The monoisotopic (exact) mass is 238 g/mol. The van der Waals surface area contributed by atoms with Crippen LogP contribution in [0.25, 0.3) is 0 Å². The largest absolute Gasteiger partial charge is 0.399 e. The van der Waals surface area contributed by atoms with Crippen LogP contribution in [0.3, 0.4) is 0 Å². The first kappa shape index (κ1) is 11.3. The second-order valence-corrected chi connectivity index (χ2v) is 4.71. The van der Waals surface area contributed by atoms with Gasteiger partial charge in [0.25, 0.3) is 5.91 Å². The fraction of sp³-hybridized carbons (Fsp3) is 0.417. The van der Waals surface area contributed by atoms with Gasteiger partial charge in [-0.05, 0) is 37.5 Å². The molecule has 86 valence electrons. The lowest BCUT2D eigenvalue weighted by molar-refractivity contribution is 0.0652. The van der Waals surface area contributed by atoms with Gasteiger partial charge in [-0.1, -0.05) is 11.6 Å². The van der Waals surface area contributed by atoms with Crippen LogP contribution in [0.15, 0.2) is 18.2 Å². The van der Waals surface area contributed by atoms with Gasteiger partial charge < -0.3 is 10.6 Å². The van der Waals surface area contributed by atoms with E-state index >= 15 is 0 Å². The van der Waals surface area contributed by atoms with Crippen LogP contribution in [-0.2, 0) is 0 Å². The molecule has 0 radical (unpaired) electrons. The van der Waals surface area contributed by atoms with E-state index in [4.69, 9.17) is 17.3 Å². The zero-order valence-corrected chi connectivity index (χ0v) is 10.00. The molecule has 2 rings (SSSR count). The van der Waals surface area contributed by atoms with Crippen LogP contribution in [0.1, 0.15) is 29.6 Å². The van der Waals surface area contributed by atoms with Crippen molar-refractivity contribution in [2.75, 3.05) is 12.8 Å². The van der Waals surface area contributed by atoms with Crippen LogP contribution in [0.5, 0.6) is 0 Å². The van der Waals surface area contributed by atoms with Gasteiger partial charge in [0.2, 0.25) is 0 Å². The Hall–Kier alpha value is -1.22. The number of carbonyl (C=O) groups excluding carboxylic acids is 1. The Balaban J connectivity index is 2.19. The van der Waals surface area contributed by atoms with E-state index in [1.54, 1.807) is 23.1 Å². The standard InChI is InChI=1S/C12H15ClN2O/c1-15(11-3-2-4-11)12(16)8-5-9(13)7-10(14)6-8/h5-7,11H,2-4,14H2,1H3. The van der Waals surface area contributed by atoms with Crippen molar-refractivity contribution < 1.29 is 4.79 Å². The first-order chi connectivity index (χ1) is 7.58. The zero-order chi connectivity index (χ0) is 11.7. The minimum Gasteiger partial charge on any atom is -0.399 e. The number of benzene rings is 1. The smallest absolute Gasteiger partial charge is 0.253 e. The number of rotatable bonds is 2. The van der Waals surface area contributed by atoms with Gasteiger partial charge in [0.15, 0.2) is 0 Å². The number of nitrogen functional groups attached to an aromatic ring is 1. The van der Waals surface area contributed by atoms with Gasteiger partial charge in [0.1, 0.15) is 0 Å². The van der Waals surface area contributed by atoms with Crippen molar-refractivity contribution in [3.05, 3.63) is 28.8 Å². The number of amides is 1. The molecule has 1 aliphatic carbocycles. The summed E-state index contributed by atoms with van der Waals surface area (Å²) in [5, 5.41) is 0.505. The highest BCUT2D eigenvalue weighted by Crippen LogP contribution is 2.26. The number of hydrogen-bond acceptors (Lipinski definition) is 2. The highest BCUT2D eigenvalue weighted by atomic mass is 35.5. The first-order valence-corrected chi connectivity index (χ1v) is 5.79. The summed E-state index contributed by atoms with van der Waals surface area (Å²) in [5.74, 6) is -0.00102. The molecule has 0 bridgehead atoms. The van der Waals surface area contributed by atoms with Crippen molar-refractivity contribution in [3.63, 3.8) is 0 Å². The molecule has 0 spiro atoms. The molecular weight excluding hydrogens is 224 g/mol. The van der Waals surface area contributed by atoms with E-state index in [1.165, 1.54) is 6.42 Å². The Kier molecular flexibility index (Phi) is 3.06. The summed E-state index contributed by atoms with van der Waals surface area (Å²) in [6.45, 7) is 0. The molecule has 0 aliphatic heterocycles. The average molecular weight is 239 g/mol. The van der Waals surface area contributed by atoms with Crippen LogP contribution in [-0.4, -0.2) is 23.9 Å².